The van der Waals surface area contributed by atoms with E-state index in [1.807, 2.05) is 17.7 Å². The molecule has 0 aliphatic carbocycles. The van der Waals surface area contributed by atoms with Crippen LogP contribution in [0.4, 0.5) is 0 Å². The zero-order valence-electron chi connectivity index (χ0n) is 14.2. The summed E-state index contributed by atoms with van der Waals surface area (Å²) in [7, 11) is 1.93. The SMILES string of the molecule is CCCc1cc(-c2nnc(SCC(=O)NCc3ccco3)n2C)cs1. The van der Waals surface area contributed by atoms with Gasteiger partial charge in [0.15, 0.2) is 11.0 Å². The molecule has 0 radical (unpaired) electrons. The smallest absolute Gasteiger partial charge is 0.230 e. The molecule has 0 saturated carbocycles. The Balaban J connectivity index is 1.56. The van der Waals surface area contributed by atoms with E-state index in [9.17, 15) is 4.79 Å². The predicted molar refractivity (Wildman–Crippen MR) is 99.6 cm³/mol. The largest absolute Gasteiger partial charge is 0.467 e. The summed E-state index contributed by atoms with van der Waals surface area (Å²) in [5, 5.41) is 14.1. The molecule has 0 saturated heterocycles. The molecular formula is C17H20N4O2S2. The molecule has 3 aromatic rings. The molecule has 3 rings (SSSR count). The number of aryl methyl sites for hydroxylation is 1. The van der Waals surface area contributed by atoms with Crippen molar-refractivity contribution in [1.82, 2.24) is 20.1 Å². The van der Waals surface area contributed by atoms with Gasteiger partial charge in [0.25, 0.3) is 0 Å². The Morgan fingerprint density at radius 2 is 2.32 bits per heavy atom. The van der Waals surface area contributed by atoms with Crippen molar-refractivity contribution in [3.05, 3.63) is 40.5 Å². The van der Waals surface area contributed by atoms with E-state index in [2.05, 4.69) is 33.9 Å². The van der Waals surface area contributed by atoms with Crippen molar-refractivity contribution in [3.63, 3.8) is 0 Å². The third-order valence-electron chi connectivity index (χ3n) is 3.62. The first-order chi connectivity index (χ1) is 12.2. The van der Waals surface area contributed by atoms with Crippen LogP contribution in [0.1, 0.15) is 24.0 Å². The molecule has 1 amide bonds. The fourth-order valence-corrected chi connectivity index (χ4v) is 4.06. The van der Waals surface area contributed by atoms with Crippen LogP contribution in [0.3, 0.4) is 0 Å². The second kappa shape index (κ2) is 8.35. The van der Waals surface area contributed by atoms with Gasteiger partial charge in [-0.25, -0.2) is 0 Å². The van der Waals surface area contributed by atoms with Gasteiger partial charge in [0.05, 0.1) is 18.6 Å². The molecule has 1 N–H and O–H groups in total. The number of thiophene rings is 1. The average Bonchev–Trinajstić information content (AvgIpc) is 3.33. The molecular weight excluding hydrogens is 356 g/mol. The molecule has 3 aromatic heterocycles. The second-order valence-electron chi connectivity index (χ2n) is 5.56. The van der Waals surface area contributed by atoms with Gasteiger partial charge in [-0.2, -0.15) is 0 Å². The summed E-state index contributed by atoms with van der Waals surface area (Å²) in [4.78, 5) is 13.3. The van der Waals surface area contributed by atoms with E-state index in [1.54, 1.807) is 23.7 Å². The number of furan rings is 1. The first kappa shape index (κ1) is 17.8. The summed E-state index contributed by atoms with van der Waals surface area (Å²) in [5.41, 5.74) is 1.08. The van der Waals surface area contributed by atoms with E-state index < -0.39 is 0 Å². The summed E-state index contributed by atoms with van der Waals surface area (Å²) in [6.07, 6.45) is 3.81. The highest BCUT2D eigenvalue weighted by molar-refractivity contribution is 7.99. The Kier molecular flexibility index (Phi) is 5.93. The number of thioether (sulfide) groups is 1. The van der Waals surface area contributed by atoms with Crippen LogP contribution in [0.2, 0.25) is 0 Å². The molecule has 3 heterocycles. The molecule has 132 valence electrons. The summed E-state index contributed by atoms with van der Waals surface area (Å²) in [5.74, 6) is 1.79. The fourth-order valence-electron chi connectivity index (χ4n) is 2.35. The van der Waals surface area contributed by atoms with Crippen molar-refractivity contribution >= 4 is 29.0 Å². The first-order valence-corrected chi connectivity index (χ1v) is 9.93. The highest BCUT2D eigenvalue weighted by atomic mass is 32.2. The van der Waals surface area contributed by atoms with Gasteiger partial charge in [0.2, 0.25) is 5.91 Å². The topological polar surface area (TPSA) is 73.0 Å². The fraction of sp³-hybridized carbons (Fsp3) is 0.353. The lowest BCUT2D eigenvalue weighted by atomic mass is 10.2. The Labute approximate surface area is 154 Å². The zero-order valence-corrected chi connectivity index (χ0v) is 15.8. The number of nitrogens with one attached hydrogen (secondary N) is 1. The van der Waals surface area contributed by atoms with E-state index in [-0.39, 0.29) is 11.7 Å². The van der Waals surface area contributed by atoms with Crippen molar-refractivity contribution in [2.45, 2.75) is 31.5 Å². The Hall–Kier alpha value is -2.06. The van der Waals surface area contributed by atoms with Gasteiger partial charge in [-0.3, -0.25) is 4.79 Å². The lowest BCUT2D eigenvalue weighted by Gasteiger charge is -2.04. The molecule has 0 aliphatic heterocycles. The van der Waals surface area contributed by atoms with Gasteiger partial charge < -0.3 is 14.3 Å². The molecule has 0 unspecified atom stereocenters. The minimum atomic E-state index is -0.0632. The van der Waals surface area contributed by atoms with Crippen molar-refractivity contribution in [2.24, 2.45) is 7.05 Å². The van der Waals surface area contributed by atoms with E-state index in [4.69, 9.17) is 4.42 Å². The van der Waals surface area contributed by atoms with Gasteiger partial charge in [-0.1, -0.05) is 25.1 Å². The van der Waals surface area contributed by atoms with Crippen molar-refractivity contribution in [2.75, 3.05) is 5.75 Å². The van der Waals surface area contributed by atoms with Crippen LogP contribution in [0.25, 0.3) is 11.4 Å². The molecule has 0 bridgehead atoms. The molecule has 0 aromatic carbocycles. The standard InChI is InChI=1S/C17H20N4O2S2/c1-3-5-14-8-12(10-24-14)16-19-20-17(21(16)2)25-11-15(22)18-9-13-6-4-7-23-13/h4,6-8,10H,3,5,9,11H2,1-2H3,(H,18,22). The minimum Gasteiger partial charge on any atom is -0.467 e. The Morgan fingerprint density at radius 1 is 1.44 bits per heavy atom. The lowest BCUT2D eigenvalue weighted by Crippen LogP contribution is -2.24. The van der Waals surface area contributed by atoms with Gasteiger partial charge in [-0.15, -0.1) is 21.5 Å². The number of hydrogen-bond acceptors (Lipinski definition) is 6. The second-order valence-corrected chi connectivity index (χ2v) is 7.50. The maximum absolute atomic E-state index is 11.9. The van der Waals surface area contributed by atoms with Crippen LogP contribution >= 0.6 is 23.1 Å². The van der Waals surface area contributed by atoms with Crippen molar-refractivity contribution in [3.8, 4) is 11.4 Å². The van der Waals surface area contributed by atoms with Gasteiger partial charge in [0, 0.05) is 22.9 Å². The highest BCUT2D eigenvalue weighted by Crippen LogP contribution is 2.27. The van der Waals surface area contributed by atoms with Crippen LogP contribution in [0, 0.1) is 0 Å². The van der Waals surface area contributed by atoms with Gasteiger partial charge in [-0.05, 0) is 24.6 Å². The monoisotopic (exact) mass is 376 g/mol. The van der Waals surface area contributed by atoms with E-state index >= 15 is 0 Å². The minimum absolute atomic E-state index is 0.0632. The number of amides is 1. The molecule has 6 nitrogen and oxygen atoms in total. The highest BCUT2D eigenvalue weighted by Gasteiger charge is 2.14. The number of carbonyl (C=O) groups excluding carboxylic acids is 1. The number of nitrogens with zero attached hydrogens (tertiary/aromatic N) is 3. The molecule has 8 heteroatoms. The normalized spacial score (nSPS) is 11.0. The average molecular weight is 377 g/mol. The Morgan fingerprint density at radius 3 is 3.08 bits per heavy atom. The first-order valence-electron chi connectivity index (χ1n) is 8.06. The number of hydrogen-bond donors (Lipinski definition) is 1. The maximum Gasteiger partial charge on any atom is 0.230 e. The molecule has 25 heavy (non-hydrogen) atoms. The van der Waals surface area contributed by atoms with E-state index in [0.29, 0.717) is 6.54 Å². The summed E-state index contributed by atoms with van der Waals surface area (Å²) in [6, 6.07) is 5.80. The van der Waals surface area contributed by atoms with Crippen LogP contribution in [-0.2, 0) is 24.8 Å². The molecule has 0 aliphatic rings. The zero-order chi connectivity index (χ0) is 17.6. The molecule has 0 spiro atoms. The lowest BCUT2D eigenvalue weighted by molar-refractivity contribution is -0.118. The third kappa shape index (κ3) is 4.52. The Bertz CT molecular complexity index is 824. The van der Waals surface area contributed by atoms with Gasteiger partial charge in [0.1, 0.15) is 5.76 Å². The molecule has 0 atom stereocenters. The third-order valence-corrected chi connectivity index (χ3v) is 5.63. The predicted octanol–water partition coefficient (Wildman–Crippen LogP) is 3.50. The van der Waals surface area contributed by atoms with Crippen LogP contribution in [-0.4, -0.2) is 26.4 Å². The summed E-state index contributed by atoms with van der Waals surface area (Å²) >= 11 is 3.12. The number of rotatable bonds is 8. The molecule has 0 fully saturated rings. The van der Waals surface area contributed by atoms with E-state index in [1.165, 1.54) is 16.6 Å². The van der Waals surface area contributed by atoms with Crippen LogP contribution in [0.15, 0.2) is 39.4 Å². The maximum atomic E-state index is 11.9. The van der Waals surface area contributed by atoms with Crippen LogP contribution in [0.5, 0.6) is 0 Å². The summed E-state index contributed by atoms with van der Waals surface area (Å²) in [6.45, 7) is 2.57. The van der Waals surface area contributed by atoms with E-state index in [0.717, 1.165) is 35.1 Å². The number of aromatic nitrogens is 3. The van der Waals surface area contributed by atoms with Crippen molar-refractivity contribution < 1.29 is 9.21 Å². The van der Waals surface area contributed by atoms with Crippen LogP contribution < -0.4 is 5.32 Å². The van der Waals surface area contributed by atoms with Crippen molar-refractivity contribution in [1.29, 1.82) is 0 Å². The van der Waals surface area contributed by atoms with Gasteiger partial charge >= 0.3 is 0 Å². The summed E-state index contributed by atoms with van der Waals surface area (Å²) < 4.78 is 7.12. The number of carbonyl (C=O) groups is 1. The quantitative estimate of drug-likeness (QED) is 0.609.